The lowest BCUT2D eigenvalue weighted by molar-refractivity contribution is -0.304. The van der Waals surface area contributed by atoms with Crippen molar-refractivity contribution in [1.29, 1.82) is 0 Å². The molecule has 0 aliphatic carbocycles. The Balaban J connectivity index is 1.74. The summed E-state index contributed by atoms with van der Waals surface area (Å²) in [5.74, 6) is -1.38. The Hall–Kier alpha value is -2.69. The van der Waals surface area contributed by atoms with Crippen molar-refractivity contribution in [3.8, 4) is 5.75 Å². The summed E-state index contributed by atoms with van der Waals surface area (Å²) >= 11 is 0. The molecule has 1 aromatic rings. The minimum Gasteiger partial charge on any atom is -0.461 e. The fraction of sp³-hybridized carbons (Fsp3) is 0.679. The van der Waals surface area contributed by atoms with E-state index in [1.165, 1.54) is 20.8 Å². The maximum atomic E-state index is 11.8. The zero-order valence-electron chi connectivity index (χ0n) is 23.6. The van der Waals surface area contributed by atoms with E-state index in [0.29, 0.717) is 5.75 Å². The lowest BCUT2D eigenvalue weighted by Crippen LogP contribution is -2.59. The molecule has 0 amide bonds. The smallest absolute Gasteiger partial charge is 0.303 e. The van der Waals surface area contributed by atoms with Crippen molar-refractivity contribution in [1.82, 2.24) is 5.06 Å². The Morgan fingerprint density at radius 1 is 0.868 bits per heavy atom. The number of benzene rings is 1. The molecule has 2 aliphatic heterocycles. The lowest BCUT2D eigenvalue weighted by Gasteiger charge is -2.52. The number of esters is 3. The molecule has 1 unspecified atom stereocenters. The van der Waals surface area contributed by atoms with Crippen molar-refractivity contribution < 1.29 is 42.9 Å². The van der Waals surface area contributed by atoms with Crippen LogP contribution in [-0.4, -0.2) is 65.3 Å². The molecule has 0 bridgehead atoms. The standard InChI is InChI=1S/C28H41NO9/c1-17(38-29-27(5,6)14-9-15-28(29,7)8)21-10-12-22(13-11-21)37-26-25(36-20(4)32)24(35-19(3)31)23(16-33-26)34-18(2)30/h10-13,17,23-26H,9,14-16H2,1-8H3/t17?,23-,24+,25-,26+/m1/s1. The highest BCUT2D eigenvalue weighted by Gasteiger charge is 2.48. The lowest BCUT2D eigenvalue weighted by atomic mass is 9.82. The number of hydroxylamine groups is 2. The first-order valence-electron chi connectivity index (χ1n) is 13.1. The van der Waals surface area contributed by atoms with Crippen LogP contribution in [0.4, 0.5) is 0 Å². The van der Waals surface area contributed by atoms with Gasteiger partial charge in [0.2, 0.25) is 12.4 Å². The maximum Gasteiger partial charge on any atom is 0.303 e. The fourth-order valence-electron chi connectivity index (χ4n) is 5.24. The third-order valence-corrected chi connectivity index (χ3v) is 6.85. The monoisotopic (exact) mass is 535 g/mol. The summed E-state index contributed by atoms with van der Waals surface area (Å²) in [6.45, 7) is 14.4. The van der Waals surface area contributed by atoms with Gasteiger partial charge in [-0.3, -0.25) is 19.2 Å². The number of rotatable bonds is 8. The van der Waals surface area contributed by atoms with Gasteiger partial charge in [-0.25, -0.2) is 0 Å². The van der Waals surface area contributed by atoms with Crippen LogP contribution in [0.25, 0.3) is 0 Å². The van der Waals surface area contributed by atoms with Crippen LogP contribution in [0.15, 0.2) is 24.3 Å². The van der Waals surface area contributed by atoms with E-state index in [4.69, 9.17) is 28.5 Å². The summed E-state index contributed by atoms with van der Waals surface area (Å²) in [6, 6.07) is 7.35. The van der Waals surface area contributed by atoms with Gasteiger partial charge in [-0.2, -0.15) is 5.06 Å². The van der Waals surface area contributed by atoms with Crippen molar-refractivity contribution in [2.45, 2.75) is 116 Å². The van der Waals surface area contributed by atoms with E-state index in [0.717, 1.165) is 24.8 Å². The number of carbonyl (C=O) groups is 3. The number of ether oxygens (including phenoxy) is 5. The molecule has 5 atom stereocenters. The van der Waals surface area contributed by atoms with E-state index in [1.54, 1.807) is 12.1 Å². The Morgan fingerprint density at radius 3 is 1.92 bits per heavy atom. The van der Waals surface area contributed by atoms with Gasteiger partial charge in [-0.1, -0.05) is 12.1 Å². The molecule has 0 N–H and O–H groups in total. The van der Waals surface area contributed by atoms with Crippen LogP contribution in [0, 0.1) is 0 Å². The number of carbonyl (C=O) groups excluding carboxylic acids is 3. The second-order valence-electron chi connectivity index (χ2n) is 11.2. The summed E-state index contributed by atoms with van der Waals surface area (Å²) in [6.07, 6.45) is -1.20. The number of piperidine rings is 1. The second kappa shape index (κ2) is 12.0. The van der Waals surface area contributed by atoms with E-state index in [9.17, 15) is 14.4 Å². The Bertz CT molecular complexity index is 975. The Labute approximate surface area is 224 Å². The third-order valence-electron chi connectivity index (χ3n) is 6.85. The minimum atomic E-state index is -1.15. The number of hydrogen-bond donors (Lipinski definition) is 0. The average molecular weight is 536 g/mol. The van der Waals surface area contributed by atoms with Crippen LogP contribution in [0.1, 0.15) is 86.3 Å². The van der Waals surface area contributed by atoms with Crippen molar-refractivity contribution in [3.63, 3.8) is 0 Å². The summed E-state index contributed by atoms with van der Waals surface area (Å²) in [5, 5.41) is 2.13. The van der Waals surface area contributed by atoms with Gasteiger partial charge in [0.15, 0.2) is 12.2 Å². The normalized spacial score (nSPS) is 27.6. The van der Waals surface area contributed by atoms with E-state index in [1.807, 2.05) is 19.1 Å². The molecule has 0 spiro atoms. The van der Waals surface area contributed by atoms with Gasteiger partial charge in [-0.05, 0) is 71.6 Å². The maximum absolute atomic E-state index is 11.8. The van der Waals surface area contributed by atoms with Crippen molar-refractivity contribution in [2.24, 2.45) is 0 Å². The predicted molar refractivity (Wildman–Crippen MR) is 137 cm³/mol. The van der Waals surface area contributed by atoms with Crippen molar-refractivity contribution >= 4 is 17.9 Å². The van der Waals surface area contributed by atoms with E-state index >= 15 is 0 Å². The highest BCUT2D eigenvalue weighted by Crippen LogP contribution is 2.40. The first-order chi connectivity index (χ1) is 17.7. The molecule has 38 heavy (non-hydrogen) atoms. The molecule has 10 nitrogen and oxygen atoms in total. The quantitative estimate of drug-likeness (QED) is 0.354. The summed E-state index contributed by atoms with van der Waals surface area (Å²) in [5.41, 5.74) is 0.806. The van der Waals surface area contributed by atoms with Crippen molar-refractivity contribution in [2.75, 3.05) is 6.61 Å². The van der Waals surface area contributed by atoms with Gasteiger partial charge in [0.05, 0.1) is 6.61 Å². The number of hydrogen-bond acceptors (Lipinski definition) is 10. The van der Waals surface area contributed by atoms with Crippen LogP contribution in [0.2, 0.25) is 0 Å². The van der Waals surface area contributed by atoms with Crippen LogP contribution in [0.3, 0.4) is 0 Å². The number of nitrogens with zero attached hydrogens (tertiary/aromatic N) is 1. The van der Waals surface area contributed by atoms with Crippen molar-refractivity contribution in [3.05, 3.63) is 29.8 Å². The highest BCUT2D eigenvalue weighted by molar-refractivity contribution is 5.68. The van der Waals surface area contributed by atoms with Gasteiger partial charge < -0.3 is 23.7 Å². The molecule has 0 saturated carbocycles. The molecule has 2 aliphatic rings. The third kappa shape index (κ3) is 7.45. The largest absolute Gasteiger partial charge is 0.461 e. The van der Waals surface area contributed by atoms with Crippen LogP contribution in [0.5, 0.6) is 5.75 Å². The predicted octanol–water partition coefficient (Wildman–Crippen LogP) is 4.25. The first kappa shape index (κ1) is 29.9. The summed E-state index contributed by atoms with van der Waals surface area (Å²) in [4.78, 5) is 41.6. The fourth-order valence-corrected chi connectivity index (χ4v) is 5.24. The molecule has 10 heteroatoms. The van der Waals surface area contributed by atoms with Gasteiger partial charge in [0, 0.05) is 31.8 Å². The van der Waals surface area contributed by atoms with Crippen LogP contribution >= 0.6 is 0 Å². The second-order valence-corrected chi connectivity index (χ2v) is 11.2. The zero-order chi connectivity index (χ0) is 28.3. The summed E-state index contributed by atoms with van der Waals surface area (Å²) < 4.78 is 27.8. The van der Waals surface area contributed by atoms with Gasteiger partial charge in [-0.15, -0.1) is 0 Å². The zero-order valence-corrected chi connectivity index (χ0v) is 23.6. The highest BCUT2D eigenvalue weighted by atomic mass is 16.7. The molecule has 0 radical (unpaired) electrons. The summed E-state index contributed by atoms with van der Waals surface area (Å²) in [7, 11) is 0. The minimum absolute atomic E-state index is 0.0778. The van der Waals surface area contributed by atoms with E-state index < -0.39 is 42.5 Å². The topological polar surface area (TPSA) is 110 Å². The molecule has 1 aromatic carbocycles. The Kier molecular flexibility index (Phi) is 9.43. The van der Waals surface area contributed by atoms with Gasteiger partial charge in [0.1, 0.15) is 11.9 Å². The molecular weight excluding hydrogens is 494 g/mol. The first-order valence-corrected chi connectivity index (χ1v) is 13.1. The molecule has 212 valence electrons. The molecular formula is C28H41NO9. The van der Waals surface area contributed by atoms with Gasteiger partial charge in [0.25, 0.3) is 0 Å². The Morgan fingerprint density at radius 2 is 1.39 bits per heavy atom. The molecule has 3 rings (SSSR count). The SMILES string of the molecule is CC(=O)O[C@@H]1[C@@H](OC(C)=O)[C@H](Oc2ccc(C(C)ON3C(C)(C)CCCC3(C)C)cc2)OC[C@H]1OC(C)=O. The van der Waals surface area contributed by atoms with Crippen LogP contribution in [-0.2, 0) is 38.2 Å². The van der Waals surface area contributed by atoms with E-state index in [2.05, 4.69) is 32.8 Å². The average Bonchev–Trinajstić information content (AvgIpc) is 2.79. The molecule has 2 fully saturated rings. The molecule has 2 heterocycles. The van der Waals surface area contributed by atoms with E-state index in [-0.39, 0.29) is 23.8 Å². The van der Waals surface area contributed by atoms with Crippen LogP contribution < -0.4 is 4.74 Å². The van der Waals surface area contributed by atoms with Gasteiger partial charge >= 0.3 is 17.9 Å². The molecule has 2 saturated heterocycles. The molecule has 0 aromatic heterocycles.